The first kappa shape index (κ1) is 17.5. The van der Waals surface area contributed by atoms with Crippen LogP contribution in [0.1, 0.15) is 0 Å². The molecule has 2 aromatic heterocycles. The maximum atomic E-state index is 12.3. The van der Waals surface area contributed by atoms with Crippen LogP contribution in [0.2, 0.25) is 0 Å². The zero-order chi connectivity index (χ0) is 18.5. The van der Waals surface area contributed by atoms with Gasteiger partial charge in [0, 0.05) is 10.9 Å². The highest BCUT2D eigenvalue weighted by Gasteiger charge is 2.11. The first-order chi connectivity index (χ1) is 13.3. The maximum Gasteiger partial charge on any atom is 0.264 e. The summed E-state index contributed by atoms with van der Waals surface area (Å²) in [6, 6.07) is 21.7. The number of benzene rings is 2. The van der Waals surface area contributed by atoms with Gasteiger partial charge in [0.15, 0.2) is 11.7 Å². The number of hydrogen-bond donors (Lipinski definition) is 1. The summed E-state index contributed by atoms with van der Waals surface area (Å²) in [5.41, 5.74) is 2.88. The topological polar surface area (TPSA) is 51.2 Å². The number of amides is 1. The maximum absolute atomic E-state index is 12.3. The minimum atomic E-state index is -0.232. The predicted octanol–water partition coefficient (Wildman–Crippen LogP) is 5.56. The molecular weight excluding hydrogens is 376 g/mol. The van der Waals surface area contributed by atoms with Crippen LogP contribution in [0.4, 0.5) is 5.13 Å². The minimum Gasteiger partial charge on any atom is -0.483 e. The highest BCUT2D eigenvalue weighted by molar-refractivity contribution is 7.16. The lowest BCUT2D eigenvalue weighted by Crippen LogP contribution is -2.20. The molecule has 0 atom stereocenters. The predicted molar refractivity (Wildman–Crippen MR) is 111 cm³/mol. The molecule has 134 valence electrons. The summed E-state index contributed by atoms with van der Waals surface area (Å²) in [4.78, 5) is 17.8. The molecule has 0 aliphatic carbocycles. The Balaban J connectivity index is 1.40. The van der Waals surface area contributed by atoms with E-state index in [2.05, 4.69) is 10.3 Å². The molecule has 0 unspecified atom stereocenters. The van der Waals surface area contributed by atoms with E-state index in [9.17, 15) is 4.79 Å². The van der Waals surface area contributed by atoms with Crippen molar-refractivity contribution in [2.75, 3.05) is 11.9 Å². The van der Waals surface area contributed by atoms with Gasteiger partial charge < -0.3 is 4.74 Å². The van der Waals surface area contributed by atoms with Crippen LogP contribution in [0, 0.1) is 0 Å². The van der Waals surface area contributed by atoms with Gasteiger partial charge in [0.2, 0.25) is 0 Å². The van der Waals surface area contributed by atoms with Gasteiger partial charge in [-0.1, -0.05) is 54.6 Å². The van der Waals surface area contributed by atoms with Crippen molar-refractivity contribution in [2.45, 2.75) is 0 Å². The second kappa shape index (κ2) is 8.16. The van der Waals surface area contributed by atoms with Gasteiger partial charge in [-0.15, -0.1) is 22.7 Å². The van der Waals surface area contributed by atoms with E-state index in [0.29, 0.717) is 10.9 Å². The molecule has 0 aliphatic rings. The van der Waals surface area contributed by atoms with Crippen molar-refractivity contribution in [2.24, 2.45) is 0 Å². The Morgan fingerprint density at radius 3 is 2.59 bits per heavy atom. The van der Waals surface area contributed by atoms with Crippen molar-refractivity contribution < 1.29 is 9.53 Å². The lowest BCUT2D eigenvalue weighted by Gasteiger charge is -2.11. The largest absolute Gasteiger partial charge is 0.483 e. The highest BCUT2D eigenvalue weighted by atomic mass is 32.1. The van der Waals surface area contributed by atoms with Gasteiger partial charge in [-0.25, -0.2) is 4.98 Å². The quantitative estimate of drug-likeness (QED) is 0.468. The minimum absolute atomic E-state index is 0.0717. The van der Waals surface area contributed by atoms with Crippen LogP contribution >= 0.6 is 22.7 Å². The zero-order valence-corrected chi connectivity index (χ0v) is 15.9. The molecule has 1 N–H and O–H groups in total. The van der Waals surface area contributed by atoms with E-state index >= 15 is 0 Å². The number of carbonyl (C=O) groups is 1. The summed E-state index contributed by atoms with van der Waals surface area (Å²) in [6.45, 7) is -0.0717. The second-order valence-corrected chi connectivity index (χ2v) is 7.52. The molecule has 0 saturated carbocycles. The van der Waals surface area contributed by atoms with Crippen LogP contribution < -0.4 is 10.1 Å². The Hall–Kier alpha value is -2.96. The number of carbonyl (C=O) groups excluding carboxylic acids is 1. The fraction of sp³-hybridized carbons (Fsp3) is 0.0476. The van der Waals surface area contributed by atoms with Gasteiger partial charge in [-0.05, 0) is 23.1 Å². The number of aromatic nitrogens is 1. The van der Waals surface area contributed by atoms with Crippen LogP contribution in [0.25, 0.3) is 21.7 Å². The van der Waals surface area contributed by atoms with Crippen LogP contribution in [-0.4, -0.2) is 17.5 Å². The van der Waals surface area contributed by atoms with Crippen molar-refractivity contribution in [1.29, 1.82) is 0 Å². The number of rotatable bonds is 6. The number of anilines is 1. The number of nitrogens with zero attached hydrogens (tertiary/aromatic N) is 1. The molecule has 27 heavy (non-hydrogen) atoms. The van der Waals surface area contributed by atoms with Gasteiger partial charge in [-0.2, -0.15) is 0 Å². The number of nitrogens with one attached hydrogen (secondary N) is 1. The lowest BCUT2D eigenvalue weighted by molar-refractivity contribution is -0.118. The molecule has 2 heterocycles. The molecule has 4 aromatic rings. The van der Waals surface area contributed by atoms with E-state index in [-0.39, 0.29) is 12.5 Å². The van der Waals surface area contributed by atoms with Crippen LogP contribution in [0.5, 0.6) is 5.75 Å². The smallest absolute Gasteiger partial charge is 0.264 e. The van der Waals surface area contributed by atoms with E-state index in [0.717, 1.165) is 21.7 Å². The molecule has 1 amide bonds. The Morgan fingerprint density at radius 2 is 1.78 bits per heavy atom. The van der Waals surface area contributed by atoms with Crippen molar-refractivity contribution in [1.82, 2.24) is 4.98 Å². The third kappa shape index (κ3) is 4.24. The number of para-hydroxylation sites is 1. The van der Waals surface area contributed by atoms with Crippen molar-refractivity contribution in [3.8, 4) is 27.4 Å². The molecule has 2 aromatic carbocycles. The SMILES string of the molecule is O=C(COc1ccccc1-c1ccccc1)Nc1nc(-c2cccs2)cs1. The molecule has 0 aliphatic heterocycles. The summed E-state index contributed by atoms with van der Waals surface area (Å²) < 4.78 is 5.77. The summed E-state index contributed by atoms with van der Waals surface area (Å²) in [5, 5.41) is 7.32. The molecular formula is C21H16N2O2S2. The molecule has 6 heteroatoms. The Kier molecular flexibility index (Phi) is 5.27. The average Bonchev–Trinajstić information content (AvgIpc) is 3.39. The summed E-state index contributed by atoms with van der Waals surface area (Å²) in [6.07, 6.45) is 0. The first-order valence-electron chi connectivity index (χ1n) is 8.36. The number of thiophene rings is 1. The number of ether oxygens (including phenoxy) is 1. The number of hydrogen-bond acceptors (Lipinski definition) is 5. The zero-order valence-electron chi connectivity index (χ0n) is 14.3. The standard InChI is InChI=1S/C21H16N2O2S2/c24-20(23-21-22-17(14-27-21)19-11-6-12-26-19)13-25-18-10-5-4-9-16(18)15-7-2-1-3-8-15/h1-12,14H,13H2,(H,22,23,24). The molecule has 4 rings (SSSR count). The van der Waals surface area contributed by atoms with E-state index < -0.39 is 0 Å². The molecule has 0 bridgehead atoms. The highest BCUT2D eigenvalue weighted by Crippen LogP contribution is 2.30. The van der Waals surface area contributed by atoms with E-state index in [1.54, 1.807) is 11.3 Å². The summed E-state index contributed by atoms with van der Waals surface area (Å²) in [7, 11) is 0. The molecule has 0 spiro atoms. The van der Waals surface area contributed by atoms with Gasteiger partial charge in [-0.3, -0.25) is 10.1 Å². The number of thiazole rings is 1. The summed E-state index contributed by atoms with van der Waals surface area (Å²) >= 11 is 3.03. The van der Waals surface area contributed by atoms with Gasteiger partial charge in [0.25, 0.3) is 5.91 Å². The Labute approximate surface area is 165 Å². The van der Waals surface area contributed by atoms with Crippen LogP contribution in [-0.2, 0) is 4.79 Å². The van der Waals surface area contributed by atoms with Gasteiger partial charge in [0.1, 0.15) is 5.75 Å². The monoisotopic (exact) mass is 392 g/mol. The van der Waals surface area contributed by atoms with Crippen LogP contribution in [0.3, 0.4) is 0 Å². The average molecular weight is 393 g/mol. The fourth-order valence-electron chi connectivity index (χ4n) is 2.62. The third-order valence-electron chi connectivity index (χ3n) is 3.85. The van der Waals surface area contributed by atoms with Gasteiger partial charge in [0.05, 0.1) is 10.6 Å². The van der Waals surface area contributed by atoms with E-state index in [1.165, 1.54) is 11.3 Å². The van der Waals surface area contributed by atoms with Crippen molar-refractivity contribution in [3.63, 3.8) is 0 Å². The third-order valence-corrected chi connectivity index (χ3v) is 5.50. The Bertz CT molecular complexity index is 1030. The first-order valence-corrected chi connectivity index (χ1v) is 10.1. The van der Waals surface area contributed by atoms with E-state index in [4.69, 9.17) is 4.74 Å². The summed E-state index contributed by atoms with van der Waals surface area (Å²) in [5.74, 6) is 0.446. The molecule has 4 nitrogen and oxygen atoms in total. The normalized spacial score (nSPS) is 10.5. The molecule has 0 fully saturated rings. The second-order valence-electron chi connectivity index (χ2n) is 5.71. The van der Waals surface area contributed by atoms with Crippen molar-refractivity contribution >= 4 is 33.7 Å². The van der Waals surface area contributed by atoms with Gasteiger partial charge >= 0.3 is 0 Å². The lowest BCUT2D eigenvalue weighted by atomic mass is 10.1. The molecule has 0 saturated heterocycles. The van der Waals surface area contributed by atoms with E-state index in [1.807, 2.05) is 77.5 Å². The Morgan fingerprint density at radius 1 is 0.963 bits per heavy atom. The fourth-order valence-corrected chi connectivity index (χ4v) is 4.10. The van der Waals surface area contributed by atoms with Crippen LogP contribution in [0.15, 0.2) is 77.5 Å². The molecule has 0 radical (unpaired) electrons. The van der Waals surface area contributed by atoms with Crippen molar-refractivity contribution in [3.05, 3.63) is 77.5 Å².